The van der Waals surface area contributed by atoms with Crippen LogP contribution in [0.25, 0.3) is 6.08 Å². The number of carbonyl (C=O) groups is 3. The second kappa shape index (κ2) is 8.42. The fourth-order valence-electron chi connectivity index (χ4n) is 1.64. The Hall–Kier alpha value is -3.03. The van der Waals surface area contributed by atoms with E-state index in [4.69, 9.17) is 19.7 Å². The van der Waals surface area contributed by atoms with Gasteiger partial charge < -0.3 is 24.4 Å². The molecule has 8 heteroatoms. The van der Waals surface area contributed by atoms with Gasteiger partial charge in [0.1, 0.15) is 0 Å². The van der Waals surface area contributed by atoms with Crippen LogP contribution in [0.4, 0.5) is 0 Å². The lowest BCUT2D eigenvalue weighted by atomic mass is 10.2. The standard InChI is InChI=1S/C15H16O8/c1-21-10-5-3-9(7-11(10)22-2)4-6-14(18)23-12(15(19)20)8-13(16)17/h3-7,12H,8H2,1-2H3,(H,16,17)(H,19,20)/b6-4+. The second-order valence-electron chi connectivity index (χ2n) is 4.31. The highest BCUT2D eigenvalue weighted by atomic mass is 16.6. The Bertz CT molecular complexity index is 620. The van der Waals surface area contributed by atoms with E-state index in [0.29, 0.717) is 17.1 Å². The molecule has 1 aromatic rings. The molecule has 124 valence electrons. The normalized spacial score (nSPS) is 11.7. The zero-order chi connectivity index (χ0) is 17.4. The maximum atomic E-state index is 11.6. The third-order valence-corrected chi connectivity index (χ3v) is 2.71. The van der Waals surface area contributed by atoms with E-state index in [0.717, 1.165) is 6.08 Å². The van der Waals surface area contributed by atoms with Crippen molar-refractivity contribution in [2.24, 2.45) is 0 Å². The molecule has 0 aromatic heterocycles. The van der Waals surface area contributed by atoms with Gasteiger partial charge in [-0.1, -0.05) is 6.07 Å². The summed E-state index contributed by atoms with van der Waals surface area (Å²) in [5, 5.41) is 17.3. The molecule has 1 unspecified atom stereocenters. The van der Waals surface area contributed by atoms with Crippen molar-refractivity contribution in [1.29, 1.82) is 0 Å². The molecule has 1 atom stereocenters. The van der Waals surface area contributed by atoms with Crippen LogP contribution in [0.3, 0.4) is 0 Å². The van der Waals surface area contributed by atoms with Gasteiger partial charge in [-0.2, -0.15) is 0 Å². The smallest absolute Gasteiger partial charge is 0.345 e. The first-order valence-electron chi connectivity index (χ1n) is 6.42. The lowest BCUT2D eigenvalue weighted by Crippen LogP contribution is -2.28. The number of ether oxygens (including phenoxy) is 3. The Balaban J connectivity index is 2.78. The summed E-state index contributed by atoms with van der Waals surface area (Å²) in [6.45, 7) is 0. The molecule has 0 spiro atoms. The molecule has 1 rings (SSSR count). The molecule has 0 bridgehead atoms. The van der Waals surface area contributed by atoms with Crippen molar-refractivity contribution in [1.82, 2.24) is 0 Å². The molecule has 1 aromatic carbocycles. The highest BCUT2D eigenvalue weighted by Crippen LogP contribution is 2.27. The number of hydrogen-bond acceptors (Lipinski definition) is 6. The molecule has 8 nitrogen and oxygen atoms in total. The molecule has 0 fully saturated rings. The van der Waals surface area contributed by atoms with Crippen LogP contribution in [0.2, 0.25) is 0 Å². The van der Waals surface area contributed by atoms with E-state index >= 15 is 0 Å². The predicted molar refractivity (Wildman–Crippen MR) is 78.3 cm³/mol. The maximum absolute atomic E-state index is 11.6. The molecular weight excluding hydrogens is 308 g/mol. The third kappa shape index (κ3) is 5.70. The van der Waals surface area contributed by atoms with Gasteiger partial charge in [0.15, 0.2) is 11.5 Å². The SMILES string of the molecule is COc1ccc(/C=C/C(=O)OC(CC(=O)O)C(=O)O)cc1OC. The summed E-state index contributed by atoms with van der Waals surface area (Å²) < 4.78 is 14.8. The molecule has 2 N–H and O–H groups in total. The first kappa shape index (κ1) is 18.0. The minimum atomic E-state index is -1.74. The average molecular weight is 324 g/mol. The predicted octanol–water partition coefficient (Wildman–Crippen LogP) is 1.19. The zero-order valence-electron chi connectivity index (χ0n) is 12.5. The topological polar surface area (TPSA) is 119 Å². The van der Waals surface area contributed by atoms with Crippen LogP contribution in [0.5, 0.6) is 11.5 Å². The molecule has 0 heterocycles. The quantitative estimate of drug-likeness (QED) is 0.540. The summed E-state index contributed by atoms with van der Waals surface area (Å²) in [5.74, 6) is -2.90. The first-order chi connectivity index (χ1) is 10.9. The van der Waals surface area contributed by atoms with Gasteiger partial charge in [-0.3, -0.25) is 4.79 Å². The summed E-state index contributed by atoms with van der Waals surface area (Å²) in [5.41, 5.74) is 0.588. The molecule has 0 saturated carbocycles. The number of benzene rings is 1. The summed E-state index contributed by atoms with van der Waals surface area (Å²) in [6.07, 6.45) is -0.177. The van der Waals surface area contributed by atoms with Crippen LogP contribution in [0.15, 0.2) is 24.3 Å². The summed E-state index contributed by atoms with van der Waals surface area (Å²) in [7, 11) is 2.95. The fraction of sp³-hybridized carbons (Fsp3) is 0.267. The number of carbonyl (C=O) groups excluding carboxylic acids is 1. The van der Waals surface area contributed by atoms with Crippen molar-refractivity contribution in [3.05, 3.63) is 29.8 Å². The van der Waals surface area contributed by atoms with Gasteiger partial charge in [-0.15, -0.1) is 0 Å². The monoisotopic (exact) mass is 324 g/mol. The number of aliphatic carboxylic acids is 2. The number of methoxy groups -OCH3 is 2. The number of esters is 1. The Morgan fingerprint density at radius 2 is 1.78 bits per heavy atom. The molecule has 0 aliphatic heterocycles. The van der Waals surface area contributed by atoms with Crippen molar-refractivity contribution in [2.75, 3.05) is 14.2 Å². The lowest BCUT2D eigenvalue weighted by molar-refractivity contribution is -0.164. The number of hydrogen-bond donors (Lipinski definition) is 2. The van der Waals surface area contributed by atoms with Crippen LogP contribution < -0.4 is 9.47 Å². The Kier molecular flexibility index (Phi) is 6.60. The van der Waals surface area contributed by atoms with Crippen LogP contribution in [0, 0.1) is 0 Å². The van der Waals surface area contributed by atoms with Crippen molar-refractivity contribution in [2.45, 2.75) is 12.5 Å². The largest absolute Gasteiger partial charge is 0.493 e. The van der Waals surface area contributed by atoms with Gasteiger partial charge in [-0.25, -0.2) is 9.59 Å². The van der Waals surface area contributed by atoms with Crippen molar-refractivity contribution in [3.8, 4) is 11.5 Å². The summed E-state index contributed by atoms with van der Waals surface area (Å²) in [6, 6.07) is 4.89. The van der Waals surface area contributed by atoms with Gasteiger partial charge in [0.25, 0.3) is 0 Å². The number of carboxylic acids is 2. The molecule has 0 aliphatic rings. The van der Waals surface area contributed by atoms with Crippen LogP contribution in [-0.4, -0.2) is 48.4 Å². The van der Waals surface area contributed by atoms with Crippen molar-refractivity contribution >= 4 is 24.0 Å². The molecule has 0 amide bonds. The van der Waals surface area contributed by atoms with Crippen molar-refractivity contribution in [3.63, 3.8) is 0 Å². The number of rotatable bonds is 8. The van der Waals surface area contributed by atoms with Gasteiger partial charge in [-0.05, 0) is 23.8 Å². The summed E-state index contributed by atoms with van der Waals surface area (Å²) in [4.78, 5) is 32.9. The minimum absolute atomic E-state index is 0.456. The van der Waals surface area contributed by atoms with Gasteiger partial charge in [0.2, 0.25) is 6.10 Å². The third-order valence-electron chi connectivity index (χ3n) is 2.71. The average Bonchev–Trinajstić information content (AvgIpc) is 2.51. The summed E-state index contributed by atoms with van der Waals surface area (Å²) >= 11 is 0. The fourth-order valence-corrected chi connectivity index (χ4v) is 1.64. The molecule has 0 aliphatic carbocycles. The van der Waals surface area contributed by atoms with E-state index in [9.17, 15) is 14.4 Å². The second-order valence-corrected chi connectivity index (χ2v) is 4.31. The van der Waals surface area contributed by atoms with E-state index in [2.05, 4.69) is 4.74 Å². The zero-order valence-corrected chi connectivity index (χ0v) is 12.5. The van der Waals surface area contributed by atoms with Crippen LogP contribution in [0.1, 0.15) is 12.0 Å². The molecule has 23 heavy (non-hydrogen) atoms. The van der Waals surface area contributed by atoms with E-state index in [1.54, 1.807) is 18.2 Å². The van der Waals surface area contributed by atoms with E-state index in [1.807, 2.05) is 0 Å². The van der Waals surface area contributed by atoms with Crippen LogP contribution >= 0.6 is 0 Å². The van der Waals surface area contributed by atoms with Crippen LogP contribution in [-0.2, 0) is 19.1 Å². The molecule has 0 saturated heterocycles. The Labute approximate surface area is 131 Å². The Morgan fingerprint density at radius 1 is 1.13 bits per heavy atom. The first-order valence-corrected chi connectivity index (χ1v) is 6.42. The Morgan fingerprint density at radius 3 is 2.30 bits per heavy atom. The van der Waals surface area contributed by atoms with E-state index in [1.165, 1.54) is 20.3 Å². The lowest BCUT2D eigenvalue weighted by Gasteiger charge is -2.10. The molecule has 0 radical (unpaired) electrons. The van der Waals surface area contributed by atoms with Gasteiger partial charge >= 0.3 is 17.9 Å². The minimum Gasteiger partial charge on any atom is -0.493 e. The highest BCUT2D eigenvalue weighted by Gasteiger charge is 2.24. The maximum Gasteiger partial charge on any atom is 0.345 e. The van der Waals surface area contributed by atoms with E-state index in [-0.39, 0.29) is 0 Å². The van der Waals surface area contributed by atoms with Crippen molar-refractivity contribution < 1.29 is 38.8 Å². The van der Waals surface area contributed by atoms with E-state index < -0.39 is 30.4 Å². The molecular formula is C15H16O8. The highest BCUT2D eigenvalue weighted by molar-refractivity contribution is 5.90. The van der Waals surface area contributed by atoms with Gasteiger partial charge in [0.05, 0.1) is 20.6 Å². The van der Waals surface area contributed by atoms with Gasteiger partial charge in [0, 0.05) is 6.08 Å². The number of carboxylic acid groups (broad SMARTS) is 2.